The third kappa shape index (κ3) is 7.84. The largest absolute Gasteiger partial charge is 0.493 e. The van der Waals surface area contributed by atoms with E-state index in [1.54, 1.807) is 7.05 Å². The van der Waals surface area contributed by atoms with Crippen LogP contribution in [0, 0.1) is 6.92 Å². The highest BCUT2D eigenvalue weighted by molar-refractivity contribution is 5.79. The summed E-state index contributed by atoms with van der Waals surface area (Å²) in [7, 11) is 1.79. The predicted molar refractivity (Wildman–Crippen MR) is 129 cm³/mol. The Labute approximate surface area is 192 Å². The molecule has 3 rings (SSSR count). The van der Waals surface area contributed by atoms with E-state index in [-0.39, 0.29) is 0 Å². The lowest BCUT2D eigenvalue weighted by atomic mass is 10.1. The third-order valence-corrected chi connectivity index (χ3v) is 5.49. The van der Waals surface area contributed by atoms with Crippen LogP contribution in [-0.2, 0) is 29.2 Å². The van der Waals surface area contributed by atoms with Gasteiger partial charge in [0.1, 0.15) is 5.75 Å². The van der Waals surface area contributed by atoms with Crippen molar-refractivity contribution in [2.24, 2.45) is 4.99 Å². The molecule has 2 aromatic rings. The quantitative estimate of drug-likeness (QED) is 0.426. The van der Waals surface area contributed by atoms with Crippen LogP contribution in [0.4, 0.5) is 0 Å². The Balaban J connectivity index is 1.45. The van der Waals surface area contributed by atoms with Gasteiger partial charge in [-0.3, -0.25) is 4.99 Å². The van der Waals surface area contributed by atoms with Crippen molar-refractivity contribution in [2.75, 3.05) is 26.9 Å². The minimum atomic E-state index is 0.320. The topological polar surface area (TPSA) is 64.1 Å². The molecule has 0 aliphatic carbocycles. The molecule has 0 unspecified atom stereocenters. The Morgan fingerprint density at radius 2 is 1.75 bits per heavy atom. The van der Waals surface area contributed by atoms with Crippen molar-refractivity contribution < 1.29 is 14.2 Å². The lowest BCUT2D eigenvalue weighted by Gasteiger charge is -2.22. The van der Waals surface area contributed by atoms with E-state index < -0.39 is 0 Å². The van der Waals surface area contributed by atoms with Gasteiger partial charge in [0.25, 0.3) is 0 Å². The molecule has 1 aliphatic heterocycles. The van der Waals surface area contributed by atoms with Crippen LogP contribution in [0.3, 0.4) is 0 Å². The van der Waals surface area contributed by atoms with Crippen LogP contribution in [0.2, 0.25) is 0 Å². The second kappa shape index (κ2) is 13.1. The van der Waals surface area contributed by atoms with Crippen LogP contribution in [0.25, 0.3) is 0 Å². The number of benzene rings is 2. The molecule has 0 spiro atoms. The average Bonchev–Trinajstić information content (AvgIpc) is 2.83. The maximum atomic E-state index is 6.00. The zero-order chi connectivity index (χ0) is 22.6. The van der Waals surface area contributed by atoms with Crippen LogP contribution < -0.4 is 15.4 Å². The maximum absolute atomic E-state index is 6.00. The molecule has 6 nitrogen and oxygen atoms in total. The first-order valence-electron chi connectivity index (χ1n) is 11.6. The normalized spacial score (nSPS) is 14.9. The smallest absolute Gasteiger partial charge is 0.191 e. The first-order chi connectivity index (χ1) is 15.7. The molecule has 0 atom stereocenters. The summed E-state index contributed by atoms with van der Waals surface area (Å²) in [5.41, 5.74) is 4.72. The Morgan fingerprint density at radius 1 is 1.03 bits per heavy atom. The van der Waals surface area contributed by atoms with Crippen molar-refractivity contribution in [3.05, 3.63) is 64.7 Å². The fourth-order valence-corrected chi connectivity index (χ4v) is 3.55. The zero-order valence-corrected chi connectivity index (χ0v) is 19.7. The van der Waals surface area contributed by atoms with E-state index >= 15 is 0 Å². The monoisotopic (exact) mass is 439 g/mol. The van der Waals surface area contributed by atoms with Gasteiger partial charge in [-0.25, -0.2) is 0 Å². The molecule has 2 aromatic carbocycles. The molecular formula is C26H37N3O3. The molecule has 0 saturated carbocycles. The zero-order valence-electron chi connectivity index (χ0n) is 19.7. The standard InChI is InChI=1S/C26H37N3O3/c1-4-13-31-25-16-20(2)5-10-23(25)18-29-26(27-3)28-17-21-6-8-22(9-7-21)19-32-24-11-14-30-15-12-24/h5-10,16,24H,4,11-15,17-19H2,1-3H3,(H2,27,28,29). The minimum absolute atomic E-state index is 0.320. The highest BCUT2D eigenvalue weighted by atomic mass is 16.5. The Bertz CT molecular complexity index is 846. The summed E-state index contributed by atoms with van der Waals surface area (Å²) in [6.45, 7) is 8.54. The fraction of sp³-hybridized carbons (Fsp3) is 0.500. The lowest BCUT2D eigenvalue weighted by molar-refractivity contribution is -0.0390. The van der Waals surface area contributed by atoms with Gasteiger partial charge in [0.15, 0.2) is 5.96 Å². The molecule has 0 amide bonds. The highest BCUT2D eigenvalue weighted by Gasteiger charge is 2.14. The highest BCUT2D eigenvalue weighted by Crippen LogP contribution is 2.20. The fourth-order valence-electron chi connectivity index (χ4n) is 3.55. The number of guanidine groups is 1. The molecule has 6 heteroatoms. The van der Waals surface area contributed by atoms with Gasteiger partial charge < -0.3 is 24.8 Å². The van der Waals surface area contributed by atoms with Gasteiger partial charge in [-0.15, -0.1) is 0 Å². The number of hydrogen-bond acceptors (Lipinski definition) is 4. The van der Waals surface area contributed by atoms with Gasteiger partial charge in [0.2, 0.25) is 0 Å². The van der Waals surface area contributed by atoms with Gasteiger partial charge in [-0.2, -0.15) is 0 Å². The van der Waals surface area contributed by atoms with E-state index in [0.29, 0.717) is 25.8 Å². The van der Waals surface area contributed by atoms with E-state index in [4.69, 9.17) is 14.2 Å². The predicted octanol–water partition coefficient (Wildman–Crippen LogP) is 4.34. The Kier molecular flexibility index (Phi) is 9.85. The van der Waals surface area contributed by atoms with Crippen molar-refractivity contribution in [2.45, 2.75) is 58.9 Å². The van der Waals surface area contributed by atoms with Gasteiger partial charge in [0, 0.05) is 38.9 Å². The Morgan fingerprint density at radius 3 is 2.47 bits per heavy atom. The second-order valence-electron chi connectivity index (χ2n) is 8.18. The van der Waals surface area contributed by atoms with Crippen LogP contribution in [-0.4, -0.2) is 38.9 Å². The molecule has 1 heterocycles. The molecule has 32 heavy (non-hydrogen) atoms. The van der Waals surface area contributed by atoms with Gasteiger partial charge in [-0.05, 0) is 48.9 Å². The number of nitrogens with one attached hydrogen (secondary N) is 2. The molecule has 0 radical (unpaired) electrons. The van der Waals surface area contributed by atoms with E-state index in [9.17, 15) is 0 Å². The molecule has 1 saturated heterocycles. The molecule has 1 aliphatic rings. The lowest BCUT2D eigenvalue weighted by Crippen LogP contribution is -2.36. The number of nitrogens with zero attached hydrogens (tertiary/aromatic N) is 1. The van der Waals surface area contributed by atoms with Crippen molar-refractivity contribution in [1.29, 1.82) is 0 Å². The number of aryl methyl sites for hydroxylation is 1. The SMILES string of the molecule is CCCOc1cc(C)ccc1CNC(=NC)NCc1ccc(COC2CCOCC2)cc1. The molecule has 0 bridgehead atoms. The number of rotatable bonds is 10. The summed E-state index contributed by atoms with van der Waals surface area (Å²) in [6, 6.07) is 14.9. The molecule has 0 aromatic heterocycles. The van der Waals surface area contributed by atoms with E-state index in [2.05, 4.69) is 71.9 Å². The number of ether oxygens (including phenoxy) is 3. The van der Waals surface area contributed by atoms with Crippen LogP contribution in [0.1, 0.15) is 48.4 Å². The summed E-state index contributed by atoms with van der Waals surface area (Å²) < 4.78 is 17.3. The van der Waals surface area contributed by atoms with E-state index in [1.165, 1.54) is 16.7 Å². The van der Waals surface area contributed by atoms with Crippen molar-refractivity contribution in [1.82, 2.24) is 10.6 Å². The summed E-state index contributed by atoms with van der Waals surface area (Å²) in [4.78, 5) is 4.35. The number of hydrogen-bond donors (Lipinski definition) is 2. The summed E-state index contributed by atoms with van der Waals surface area (Å²) in [5, 5.41) is 6.78. The van der Waals surface area contributed by atoms with Crippen LogP contribution in [0.15, 0.2) is 47.5 Å². The minimum Gasteiger partial charge on any atom is -0.493 e. The summed E-state index contributed by atoms with van der Waals surface area (Å²) in [6.07, 6.45) is 3.29. The number of aliphatic imine (C=N–C) groups is 1. The average molecular weight is 440 g/mol. The molecule has 1 fully saturated rings. The second-order valence-corrected chi connectivity index (χ2v) is 8.18. The summed E-state index contributed by atoms with van der Waals surface area (Å²) >= 11 is 0. The van der Waals surface area contributed by atoms with Crippen molar-refractivity contribution >= 4 is 5.96 Å². The first-order valence-corrected chi connectivity index (χ1v) is 11.6. The van der Waals surface area contributed by atoms with Gasteiger partial charge in [-0.1, -0.05) is 43.3 Å². The summed E-state index contributed by atoms with van der Waals surface area (Å²) in [5.74, 6) is 1.70. The van der Waals surface area contributed by atoms with Crippen molar-refractivity contribution in [3.8, 4) is 5.75 Å². The van der Waals surface area contributed by atoms with Crippen molar-refractivity contribution in [3.63, 3.8) is 0 Å². The van der Waals surface area contributed by atoms with E-state index in [0.717, 1.165) is 56.4 Å². The van der Waals surface area contributed by atoms with Gasteiger partial charge in [0.05, 0.1) is 19.3 Å². The third-order valence-electron chi connectivity index (χ3n) is 5.49. The molecule has 2 N–H and O–H groups in total. The first kappa shape index (κ1) is 24.1. The Hall–Kier alpha value is -2.57. The molecular weight excluding hydrogens is 402 g/mol. The van der Waals surface area contributed by atoms with Crippen LogP contribution >= 0.6 is 0 Å². The molecule has 174 valence electrons. The van der Waals surface area contributed by atoms with Crippen LogP contribution in [0.5, 0.6) is 5.75 Å². The maximum Gasteiger partial charge on any atom is 0.191 e. The van der Waals surface area contributed by atoms with Gasteiger partial charge >= 0.3 is 0 Å². The van der Waals surface area contributed by atoms with E-state index in [1.807, 2.05) is 0 Å².